The predicted molar refractivity (Wildman–Crippen MR) is 57.7 cm³/mol. The van der Waals surface area contributed by atoms with E-state index in [-0.39, 0.29) is 3.74 Å². The Bertz CT molecular complexity index is 211. The van der Waals surface area contributed by atoms with Crippen molar-refractivity contribution in [2.75, 3.05) is 6.61 Å². The van der Waals surface area contributed by atoms with Crippen molar-refractivity contribution in [3.63, 3.8) is 0 Å². The van der Waals surface area contributed by atoms with E-state index in [9.17, 15) is 0 Å². The molecule has 12 heavy (non-hydrogen) atoms. The van der Waals surface area contributed by atoms with Crippen molar-refractivity contribution >= 4 is 31.9 Å². The molecule has 0 amide bonds. The number of ether oxygens (including phenoxy) is 1. The molecule has 0 N–H and O–H groups in total. The van der Waals surface area contributed by atoms with Crippen LogP contribution >= 0.6 is 31.9 Å². The largest absolute Gasteiger partial charge is 0.375 e. The van der Waals surface area contributed by atoms with E-state index in [1.165, 1.54) is 5.56 Å². The molecule has 0 aliphatic rings. The van der Waals surface area contributed by atoms with Crippen LogP contribution in [-0.4, -0.2) is 10.3 Å². The molecule has 3 heteroatoms. The Morgan fingerprint density at radius 1 is 1.17 bits per heavy atom. The lowest BCUT2D eigenvalue weighted by Crippen LogP contribution is -2.00. The number of alkyl halides is 2. The highest BCUT2D eigenvalue weighted by atomic mass is 79.9. The topological polar surface area (TPSA) is 9.23 Å². The van der Waals surface area contributed by atoms with Crippen LogP contribution in [0.5, 0.6) is 0 Å². The first-order valence-electron chi connectivity index (χ1n) is 3.69. The first kappa shape index (κ1) is 10.2. The van der Waals surface area contributed by atoms with Gasteiger partial charge in [-0.15, -0.1) is 0 Å². The van der Waals surface area contributed by atoms with E-state index >= 15 is 0 Å². The van der Waals surface area contributed by atoms with E-state index in [0.717, 1.165) is 0 Å². The van der Waals surface area contributed by atoms with Gasteiger partial charge in [0, 0.05) is 0 Å². The second kappa shape index (κ2) is 5.73. The molecular formula is C9H10Br2O. The van der Waals surface area contributed by atoms with Gasteiger partial charge >= 0.3 is 0 Å². The van der Waals surface area contributed by atoms with Crippen LogP contribution in [0.3, 0.4) is 0 Å². The lowest BCUT2D eigenvalue weighted by molar-refractivity contribution is 0.134. The fraction of sp³-hybridized carbons (Fsp3) is 0.333. The predicted octanol–water partition coefficient (Wildman–Crippen LogP) is 3.32. The van der Waals surface area contributed by atoms with Crippen molar-refractivity contribution in [2.45, 2.75) is 10.3 Å². The normalized spacial score (nSPS) is 10.6. The molecule has 0 saturated heterocycles. The average Bonchev–Trinajstić information content (AvgIpc) is 2.05. The quantitative estimate of drug-likeness (QED) is 0.774. The molecule has 0 fully saturated rings. The molecule has 0 spiro atoms. The molecule has 1 aromatic carbocycles. The third-order valence-corrected chi connectivity index (χ3v) is 1.88. The Morgan fingerprint density at radius 3 is 2.42 bits per heavy atom. The molecule has 1 nitrogen and oxygen atoms in total. The van der Waals surface area contributed by atoms with Crippen molar-refractivity contribution < 1.29 is 4.74 Å². The highest BCUT2D eigenvalue weighted by Crippen LogP contribution is 2.09. The van der Waals surface area contributed by atoms with Gasteiger partial charge in [-0.1, -0.05) is 62.2 Å². The fourth-order valence-corrected chi connectivity index (χ4v) is 1.21. The fourth-order valence-electron chi connectivity index (χ4n) is 0.840. The summed E-state index contributed by atoms with van der Waals surface area (Å²) in [5, 5.41) is 0. The molecule has 0 atom stereocenters. The van der Waals surface area contributed by atoms with Gasteiger partial charge < -0.3 is 4.74 Å². The molecule has 66 valence electrons. The smallest absolute Gasteiger partial charge is 0.0930 e. The van der Waals surface area contributed by atoms with Gasteiger partial charge in [0.15, 0.2) is 0 Å². The Hall–Kier alpha value is 0.140. The summed E-state index contributed by atoms with van der Waals surface area (Å²) < 4.78 is 5.63. The standard InChI is InChI=1S/C9H10Br2O/c10-9(11)7-12-6-8-4-2-1-3-5-8/h1-5,9H,6-7H2. The summed E-state index contributed by atoms with van der Waals surface area (Å²) in [4.78, 5) is 0. The molecule has 0 unspecified atom stereocenters. The van der Waals surface area contributed by atoms with Gasteiger partial charge in [0.1, 0.15) is 0 Å². The zero-order valence-corrected chi connectivity index (χ0v) is 9.71. The summed E-state index contributed by atoms with van der Waals surface area (Å²) in [6.07, 6.45) is 0. The summed E-state index contributed by atoms with van der Waals surface area (Å²) in [5.41, 5.74) is 1.21. The van der Waals surface area contributed by atoms with Crippen LogP contribution in [0.1, 0.15) is 5.56 Å². The zero-order valence-electron chi connectivity index (χ0n) is 6.54. The van der Waals surface area contributed by atoms with Gasteiger partial charge in [0.05, 0.1) is 17.0 Å². The molecule has 0 radical (unpaired) electrons. The van der Waals surface area contributed by atoms with Gasteiger partial charge in [0.2, 0.25) is 0 Å². The Kier molecular flexibility index (Phi) is 4.88. The Labute approximate surface area is 89.4 Å². The monoisotopic (exact) mass is 292 g/mol. The Balaban J connectivity index is 2.25. The van der Waals surface area contributed by atoms with Crippen molar-refractivity contribution in [3.8, 4) is 0 Å². The molecule has 0 saturated carbocycles. The van der Waals surface area contributed by atoms with E-state index in [4.69, 9.17) is 4.74 Å². The molecule has 0 bridgehead atoms. The first-order valence-corrected chi connectivity index (χ1v) is 5.52. The van der Waals surface area contributed by atoms with E-state index in [0.29, 0.717) is 13.2 Å². The lowest BCUT2D eigenvalue weighted by Gasteiger charge is -2.04. The molecule has 0 aliphatic carbocycles. The van der Waals surface area contributed by atoms with Gasteiger partial charge in [0.25, 0.3) is 0 Å². The summed E-state index contributed by atoms with van der Waals surface area (Å²) in [7, 11) is 0. The van der Waals surface area contributed by atoms with Crippen LogP contribution in [0.15, 0.2) is 30.3 Å². The highest BCUT2D eigenvalue weighted by Gasteiger charge is 1.97. The SMILES string of the molecule is BrC(Br)COCc1ccccc1. The Morgan fingerprint density at radius 2 is 1.83 bits per heavy atom. The second-order valence-corrected chi connectivity index (χ2v) is 5.83. The first-order chi connectivity index (χ1) is 5.79. The highest BCUT2D eigenvalue weighted by molar-refractivity contribution is 9.24. The summed E-state index contributed by atoms with van der Waals surface area (Å²) in [5.74, 6) is 0. The number of hydrogen-bond acceptors (Lipinski definition) is 1. The summed E-state index contributed by atoms with van der Waals surface area (Å²) in [6, 6.07) is 10.1. The number of rotatable bonds is 4. The third kappa shape index (κ3) is 4.24. The summed E-state index contributed by atoms with van der Waals surface area (Å²) in [6.45, 7) is 1.35. The van der Waals surface area contributed by atoms with Crippen LogP contribution in [0.2, 0.25) is 0 Å². The second-order valence-electron chi connectivity index (χ2n) is 2.39. The maximum Gasteiger partial charge on any atom is 0.0930 e. The molecule has 0 aliphatic heterocycles. The van der Waals surface area contributed by atoms with Crippen molar-refractivity contribution in [2.24, 2.45) is 0 Å². The van der Waals surface area contributed by atoms with Crippen LogP contribution in [0.4, 0.5) is 0 Å². The molecule has 0 aromatic heterocycles. The van der Waals surface area contributed by atoms with Crippen LogP contribution in [0, 0.1) is 0 Å². The molecule has 0 heterocycles. The van der Waals surface area contributed by atoms with Crippen molar-refractivity contribution in [1.82, 2.24) is 0 Å². The van der Waals surface area contributed by atoms with Crippen LogP contribution in [-0.2, 0) is 11.3 Å². The van der Waals surface area contributed by atoms with Crippen LogP contribution in [0.25, 0.3) is 0 Å². The van der Waals surface area contributed by atoms with Crippen molar-refractivity contribution in [1.29, 1.82) is 0 Å². The third-order valence-electron chi connectivity index (χ3n) is 1.36. The van der Waals surface area contributed by atoms with Gasteiger partial charge in [-0.3, -0.25) is 0 Å². The van der Waals surface area contributed by atoms with E-state index in [2.05, 4.69) is 44.0 Å². The van der Waals surface area contributed by atoms with Crippen molar-refractivity contribution in [3.05, 3.63) is 35.9 Å². The maximum absolute atomic E-state index is 5.39. The minimum absolute atomic E-state index is 0.244. The molecule has 1 rings (SSSR count). The molecular weight excluding hydrogens is 284 g/mol. The number of hydrogen-bond donors (Lipinski definition) is 0. The number of halogens is 2. The lowest BCUT2D eigenvalue weighted by atomic mass is 10.2. The van der Waals surface area contributed by atoms with Gasteiger partial charge in [-0.2, -0.15) is 0 Å². The van der Waals surface area contributed by atoms with Gasteiger partial charge in [-0.25, -0.2) is 0 Å². The zero-order chi connectivity index (χ0) is 8.81. The van der Waals surface area contributed by atoms with Crippen LogP contribution < -0.4 is 0 Å². The minimum atomic E-state index is 0.244. The maximum atomic E-state index is 5.39. The number of benzene rings is 1. The van der Waals surface area contributed by atoms with Gasteiger partial charge in [-0.05, 0) is 5.56 Å². The minimum Gasteiger partial charge on any atom is -0.375 e. The van der Waals surface area contributed by atoms with E-state index < -0.39 is 0 Å². The average molecular weight is 294 g/mol. The molecule has 1 aromatic rings. The van der Waals surface area contributed by atoms with E-state index in [1.54, 1.807) is 0 Å². The van der Waals surface area contributed by atoms with E-state index in [1.807, 2.05) is 18.2 Å². The summed E-state index contributed by atoms with van der Waals surface area (Å²) >= 11 is 6.68.